The zero-order chi connectivity index (χ0) is 26.1. The number of nitrogens with zero attached hydrogens (tertiary/aromatic N) is 3. The van der Waals surface area contributed by atoms with Crippen LogP contribution in [0.3, 0.4) is 0 Å². The summed E-state index contributed by atoms with van der Waals surface area (Å²) in [6, 6.07) is 9.80. The van der Waals surface area contributed by atoms with Gasteiger partial charge in [-0.05, 0) is 54.8 Å². The number of aromatic nitrogens is 2. The van der Waals surface area contributed by atoms with Crippen molar-refractivity contribution in [3.8, 4) is 17.2 Å². The Hall–Kier alpha value is -4.27. The molecule has 3 aromatic rings. The molecule has 1 N–H and O–H groups in total. The Balaban J connectivity index is 1.56. The third-order valence-electron chi connectivity index (χ3n) is 6.81. The number of hydrogen-bond acceptors (Lipinski definition) is 7. The number of likely N-dealkylation sites (tertiary alicyclic amines) is 1. The lowest BCUT2D eigenvalue weighted by molar-refractivity contribution is -0.139. The van der Waals surface area contributed by atoms with Gasteiger partial charge in [-0.25, -0.2) is 4.98 Å². The maximum Gasteiger partial charge on any atom is 0.295 e. The number of aryl methyl sites for hydroxylation is 1. The van der Waals surface area contributed by atoms with Crippen LogP contribution in [0, 0.1) is 0 Å². The van der Waals surface area contributed by atoms with E-state index >= 15 is 0 Å². The van der Waals surface area contributed by atoms with Gasteiger partial charge in [0.1, 0.15) is 17.6 Å². The molecule has 1 aromatic heterocycles. The van der Waals surface area contributed by atoms with Gasteiger partial charge in [-0.1, -0.05) is 6.07 Å². The van der Waals surface area contributed by atoms with Crippen molar-refractivity contribution in [3.05, 3.63) is 77.4 Å². The summed E-state index contributed by atoms with van der Waals surface area (Å²) in [7, 11) is 3.06. The lowest BCUT2D eigenvalue weighted by Crippen LogP contribution is -2.31. The van der Waals surface area contributed by atoms with E-state index in [9.17, 15) is 14.7 Å². The molecule has 192 valence electrons. The van der Waals surface area contributed by atoms with Crippen molar-refractivity contribution in [2.45, 2.75) is 38.5 Å². The minimum absolute atomic E-state index is 0.0419. The molecular weight excluding hydrogens is 474 g/mol. The van der Waals surface area contributed by atoms with E-state index in [4.69, 9.17) is 14.2 Å². The fourth-order valence-corrected chi connectivity index (χ4v) is 5.05. The van der Waals surface area contributed by atoms with Gasteiger partial charge >= 0.3 is 0 Å². The van der Waals surface area contributed by atoms with Crippen molar-refractivity contribution in [2.24, 2.45) is 0 Å². The molecule has 0 radical (unpaired) electrons. The van der Waals surface area contributed by atoms with Gasteiger partial charge in [0.05, 0.1) is 32.2 Å². The first-order chi connectivity index (χ1) is 17.9. The average Bonchev–Trinajstić information content (AvgIpc) is 3.61. The molecule has 0 spiro atoms. The Morgan fingerprint density at radius 1 is 1.11 bits per heavy atom. The fraction of sp³-hybridized carbons (Fsp3) is 0.321. The minimum atomic E-state index is -0.786. The van der Waals surface area contributed by atoms with Gasteiger partial charge in [0, 0.05) is 37.5 Å². The topological polar surface area (TPSA) is 103 Å². The van der Waals surface area contributed by atoms with Crippen LogP contribution >= 0.6 is 0 Å². The van der Waals surface area contributed by atoms with Crippen LogP contribution < -0.4 is 14.2 Å². The van der Waals surface area contributed by atoms with Crippen LogP contribution in [0.25, 0.3) is 5.76 Å². The fourth-order valence-electron chi connectivity index (χ4n) is 5.05. The van der Waals surface area contributed by atoms with Crippen LogP contribution in [0.2, 0.25) is 0 Å². The number of Topliss-reactive ketones (excluding diaryl/α,β-unsaturated/α-hetero) is 1. The van der Waals surface area contributed by atoms with E-state index in [1.54, 1.807) is 42.9 Å². The molecule has 9 heteroatoms. The summed E-state index contributed by atoms with van der Waals surface area (Å²) >= 11 is 0. The monoisotopic (exact) mass is 503 g/mol. The van der Waals surface area contributed by atoms with E-state index < -0.39 is 17.7 Å². The number of rotatable bonds is 8. The molecule has 2 aliphatic heterocycles. The second-order valence-corrected chi connectivity index (χ2v) is 9.22. The van der Waals surface area contributed by atoms with Crippen molar-refractivity contribution in [3.63, 3.8) is 0 Å². The second-order valence-electron chi connectivity index (χ2n) is 9.22. The standard InChI is InChI=1S/C28H29N3O6/c1-17-13-20-14-19(6-7-21(20)37-17)26(32)24-25(18-5-8-22(35-2)23(15-18)36-3)31(28(34)27(24)33)11-4-10-30-12-9-29-16-30/h5-9,12,14-17,25,32H,4,10-11,13H2,1-3H3/t17-,25+/m0/s1. The van der Waals surface area contributed by atoms with E-state index in [0.29, 0.717) is 48.6 Å². The van der Waals surface area contributed by atoms with Crippen molar-refractivity contribution in [2.75, 3.05) is 20.8 Å². The highest BCUT2D eigenvalue weighted by Gasteiger charge is 2.46. The molecule has 37 heavy (non-hydrogen) atoms. The molecule has 2 aliphatic rings. The zero-order valence-corrected chi connectivity index (χ0v) is 21.0. The highest BCUT2D eigenvalue weighted by atomic mass is 16.5. The predicted molar refractivity (Wildman–Crippen MR) is 136 cm³/mol. The first-order valence-electron chi connectivity index (χ1n) is 12.2. The number of aliphatic hydroxyl groups excluding tert-OH is 1. The smallest absolute Gasteiger partial charge is 0.295 e. The normalized spacial score (nSPS) is 20.1. The number of carbonyl (C=O) groups is 2. The molecule has 1 amide bonds. The predicted octanol–water partition coefficient (Wildman–Crippen LogP) is 3.74. The summed E-state index contributed by atoms with van der Waals surface area (Å²) in [5, 5.41) is 11.4. The van der Waals surface area contributed by atoms with Gasteiger partial charge in [-0.15, -0.1) is 0 Å². The van der Waals surface area contributed by atoms with Crippen molar-refractivity contribution < 1.29 is 28.9 Å². The summed E-state index contributed by atoms with van der Waals surface area (Å²) in [5.41, 5.74) is 2.11. The highest BCUT2D eigenvalue weighted by molar-refractivity contribution is 6.46. The van der Waals surface area contributed by atoms with Gasteiger partial charge in [0.25, 0.3) is 11.7 Å². The van der Waals surface area contributed by atoms with Gasteiger partial charge in [0.2, 0.25) is 0 Å². The number of fused-ring (bicyclic) bond motifs is 1. The number of imidazole rings is 1. The SMILES string of the molecule is COc1ccc([C@@H]2C(=C(O)c3ccc4c(c3)C[C@H](C)O4)C(=O)C(=O)N2CCCn2ccnc2)cc1OC. The maximum absolute atomic E-state index is 13.4. The summed E-state index contributed by atoms with van der Waals surface area (Å²) in [4.78, 5) is 32.2. The van der Waals surface area contributed by atoms with Crippen LogP contribution in [-0.4, -0.2) is 58.1 Å². The third-order valence-corrected chi connectivity index (χ3v) is 6.81. The molecule has 1 fully saturated rings. The Kier molecular flexibility index (Phi) is 6.60. The summed E-state index contributed by atoms with van der Waals surface area (Å²) in [6.07, 6.45) is 6.59. The lowest BCUT2D eigenvalue weighted by Gasteiger charge is -2.26. The minimum Gasteiger partial charge on any atom is -0.507 e. The van der Waals surface area contributed by atoms with Gasteiger partial charge in [0.15, 0.2) is 11.5 Å². The lowest BCUT2D eigenvalue weighted by atomic mass is 9.94. The first-order valence-corrected chi connectivity index (χ1v) is 12.2. The highest BCUT2D eigenvalue weighted by Crippen LogP contribution is 2.42. The number of hydrogen-bond donors (Lipinski definition) is 1. The number of methoxy groups -OCH3 is 2. The van der Waals surface area contributed by atoms with E-state index in [2.05, 4.69) is 4.98 Å². The van der Waals surface area contributed by atoms with Gasteiger partial charge in [-0.2, -0.15) is 0 Å². The largest absolute Gasteiger partial charge is 0.507 e. The van der Waals surface area contributed by atoms with E-state index in [0.717, 1.165) is 11.3 Å². The number of ketones is 1. The molecule has 0 saturated carbocycles. The number of carbonyl (C=O) groups excluding carboxylic acids is 2. The van der Waals surface area contributed by atoms with Crippen molar-refractivity contribution in [1.82, 2.24) is 14.5 Å². The molecule has 5 rings (SSSR count). The van der Waals surface area contributed by atoms with Gasteiger partial charge in [-0.3, -0.25) is 9.59 Å². The van der Waals surface area contributed by atoms with Crippen LogP contribution in [0.15, 0.2) is 60.7 Å². The van der Waals surface area contributed by atoms with Crippen LogP contribution in [-0.2, 0) is 22.6 Å². The molecule has 1 saturated heterocycles. The Labute approximate surface area is 214 Å². The van der Waals surface area contributed by atoms with E-state index in [1.807, 2.05) is 23.8 Å². The molecule has 3 heterocycles. The van der Waals surface area contributed by atoms with Crippen LogP contribution in [0.4, 0.5) is 0 Å². The number of aliphatic hydroxyl groups is 1. The van der Waals surface area contributed by atoms with Crippen LogP contribution in [0.1, 0.15) is 36.1 Å². The first kappa shape index (κ1) is 24.4. The molecule has 0 aliphatic carbocycles. The Morgan fingerprint density at radius 2 is 1.92 bits per heavy atom. The molecule has 9 nitrogen and oxygen atoms in total. The molecule has 0 unspecified atom stereocenters. The molecule has 2 aromatic carbocycles. The molecule has 2 atom stereocenters. The number of ether oxygens (including phenoxy) is 3. The maximum atomic E-state index is 13.4. The molecule has 0 bridgehead atoms. The average molecular weight is 504 g/mol. The zero-order valence-electron chi connectivity index (χ0n) is 21.0. The Bertz CT molecular complexity index is 1360. The second kappa shape index (κ2) is 10.0. The summed E-state index contributed by atoms with van der Waals surface area (Å²) in [6.45, 7) is 2.92. The van der Waals surface area contributed by atoms with Crippen molar-refractivity contribution in [1.29, 1.82) is 0 Å². The van der Waals surface area contributed by atoms with Crippen molar-refractivity contribution >= 4 is 17.4 Å². The summed E-state index contributed by atoms with van der Waals surface area (Å²) in [5.74, 6) is 0.178. The Morgan fingerprint density at radius 3 is 2.65 bits per heavy atom. The summed E-state index contributed by atoms with van der Waals surface area (Å²) < 4.78 is 18.5. The third kappa shape index (κ3) is 4.52. The molecular formula is C28H29N3O6. The van der Waals surface area contributed by atoms with Gasteiger partial charge < -0.3 is 28.8 Å². The van der Waals surface area contributed by atoms with E-state index in [1.165, 1.54) is 19.1 Å². The number of amides is 1. The van der Waals surface area contributed by atoms with Crippen LogP contribution in [0.5, 0.6) is 17.2 Å². The van der Waals surface area contributed by atoms with E-state index in [-0.39, 0.29) is 17.4 Å². The number of benzene rings is 2. The quantitative estimate of drug-likeness (QED) is 0.284.